The van der Waals surface area contributed by atoms with Gasteiger partial charge in [0.05, 0.1) is 31.3 Å². The van der Waals surface area contributed by atoms with Crippen LogP contribution in [0.2, 0.25) is 0 Å². The lowest BCUT2D eigenvalue weighted by Crippen LogP contribution is -2.50. The molecular weight excluding hydrogens is 310 g/mol. The van der Waals surface area contributed by atoms with E-state index in [4.69, 9.17) is 4.74 Å². The van der Waals surface area contributed by atoms with Gasteiger partial charge in [-0.3, -0.25) is 19.7 Å². The van der Waals surface area contributed by atoms with Crippen LogP contribution in [0, 0.1) is 0 Å². The van der Waals surface area contributed by atoms with Crippen LogP contribution in [0.4, 0.5) is 5.69 Å². The zero-order valence-corrected chi connectivity index (χ0v) is 13.6. The van der Waals surface area contributed by atoms with Gasteiger partial charge in [0, 0.05) is 6.54 Å². The zero-order valence-electron chi connectivity index (χ0n) is 13.6. The second kappa shape index (κ2) is 7.00. The number of methoxy groups -OCH3 is 1. The summed E-state index contributed by atoms with van der Waals surface area (Å²) in [5.74, 6) is -0.0304. The third-order valence-electron chi connectivity index (χ3n) is 4.41. The summed E-state index contributed by atoms with van der Waals surface area (Å²) in [5.41, 5.74) is 0.514. The zero-order chi connectivity index (χ0) is 17.1. The van der Waals surface area contributed by atoms with Crippen molar-refractivity contribution in [3.63, 3.8) is 0 Å². The van der Waals surface area contributed by atoms with Gasteiger partial charge in [-0.2, -0.15) is 0 Å². The Morgan fingerprint density at radius 2 is 1.88 bits per heavy atom. The number of carbonyl (C=O) groups excluding carboxylic acids is 3. The molecule has 0 radical (unpaired) electrons. The minimum Gasteiger partial charge on any atom is -0.497 e. The summed E-state index contributed by atoms with van der Waals surface area (Å²) in [6.45, 7) is 0.659. The maximum Gasteiger partial charge on any atom is 0.251 e. The minimum atomic E-state index is -0.659. The largest absolute Gasteiger partial charge is 0.497 e. The molecule has 0 spiro atoms. The van der Waals surface area contributed by atoms with Crippen molar-refractivity contribution >= 4 is 23.4 Å². The molecule has 128 valence electrons. The predicted octanol–water partition coefficient (Wildman–Crippen LogP) is 0.585. The molecule has 2 N–H and O–H groups in total. The van der Waals surface area contributed by atoms with E-state index in [1.807, 2.05) is 0 Å². The van der Waals surface area contributed by atoms with E-state index in [1.54, 1.807) is 31.4 Å². The molecule has 0 aliphatic carbocycles. The summed E-state index contributed by atoms with van der Waals surface area (Å²) in [6, 6.07) is 5.67. The molecule has 2 heterocycles. The number of hydrogen-bond donors (Lipinski definition) is 2. The second-order valence-corrected chi connectivity index (χ2v) is 6.03. The van der Waals surface area contributed by atoms with Crippen molar-refractivity contribution in [1.29, 1.82) is 0 Å². The average molecular weight is 331 g/mol. The fourth-order valence-corrected chi connectivity index (χ4v) is 3.11. The van der Waals surface area contributed by atoms with E-state index in [-0.39, 0.29) is 24.1 Å². The topological polar surface area (TPSA) is 87.7 Å². The molecule has 3 rings (SSSR count). The normalized spacial score (nSPS) is 24.7. The third kappa shape index (κ3) is 3.26. The SMILES string of the molecule is COc1ccc(N2C(=O)C[C@@H](N[C@@H]3CCCCNC3=O)C2=O)cc1. The average Bonchev–Trinajstić information content (AvgIpc) is 2.73. The number of nitrogens with zero attached hydrogens (tertiary/aromatic N) is 1. The summed E-state index contributed by atoms with van der Waals surface area (Å²) in [7, 11) is 1.55. The summed E-state index contributed by atoms with van der Waals surface area (Å²) < 4.78 is 5.09. The highest BCUT2D eigenvalue weighted by Gasteiger charge is 2.41. The van der Waals surface area contributed by atoms with E-state index >= 15 is 0 Å². The molecular formula is C17H21N3O4. The Morgan fingerprint density at radius 3 is 2.58 bits per heavy atom. The van der Waals surface area contributed by atoms with Gasteiger partial charge in [0.1, 0.15) is 5.75 Å². The quantitative estimate of drug-likeness (QED) is 0.788. The Bertz CT molecular complexity index is 644. The summed E-state index contributed by atoms with van der Waals surface area (Å²) in [5, 5.41) is 5.89. The lowest BCUT2D eigenvalue weighted by atomic mass is 10.1. The number of ether oxygens (including phenoxy) is 1. The number of rotatable bonds is 4. The number of nitrogens with one attached hydrogen (secondary N) is 2. The van der Waals surface area contributed by atoms with Gasteiger partial charge in [-0.25, -0.2) is 4.90 Å². The van der Waals surface area contributed by atoms with Crippen LogP contribution in [0.1, 0.15) is 25.7 Å². The number of anilines is 1. The van der Waals surface area contributed by atoms with E-state index in [1.165, 1.54) is 4.90 Å². The highest BCUT2D eigenvalue weighted by atomic mass is 16.5. The predicted molar refractivity (Wildman–Crippen MR) is 87.7 cm³/mol. The number of amides is 3. The van der Waals surface area contributed by atoms with E-state index in [0.717, 1.165) is 12.8 Å². The molecule has 2 aliphatic rings. The first-order chi connectivity index (χ1) is 11.6. The maximum absolute atomic E-state index is 12.6. The molecule has 1 aromatic carbocycles. The highest BCUT2D eigenvalue weighted by molar-refractivity contribution is 6.22. The Balaban J connectivity index is 1.72. The standard InChI is InChI=1S/C17H21N3O4/c1-24-12-7-5-11(6-8-12)20-15(21)10-14(17(20)23)19-13-4-2-3-9-18-16(13)22/h5-8,13-14,19H,2-4,9-10H2,1H3,(H,18,22)/t13-,14-/m1/s1. The van der Waals surface area contributed by atoms with Gasteiger partial charge in [-0.05, 0) is 43.5 Å². The van der Waals surface area contributed by atoms with Crippen molar-refractivity contribution in [3.05, 3.63) is 24.3 Å². The fraction of sp³-hybridized carbons (Fsp3) is 0.471. The third-order valence-corrected chi connectivity index (χ3v) is 4.41. The molecule has 7 nitrogen and oxygen atoms in total. The molecule has 2 aliphatic heterocycles. The Kier molecular flexibility index (Phi) is 4.80. The van der Waals surface area contributed by atoms with E-state index in [9.17, 15) is 14.4 Å². The molecule has 24 heavy (non-hydrogen) atoms. The molecule has 2 saturated heterocycles. The van der Waals surface area contributed by atoms with Gasteiger partial charge in [-0.1, -0.05) is 0 Å². The first-order valence-electron chi connectivity index (χ1n) is 8.15. The van der Waals surface area contributed by atoms with Gasteiger partial charge in [-0.15, -0.1) is 0 Å². The monoisotopic (exact) mass is 331 g/mol. The van der Waals surface area contributed by atoms with Gasteiger partial charge in [0.15, 0.2) is 0 Å². The van der Waals surface area contributed by atoms with Crippen molar-refractivity contribution < 1.29 is 19.1 Å². The maximum atomic E-state index is 12.6. The second-order valence-electron chi connectivity index (χ2n) is 6.03. The molecule has 0 unspecified atom stereocenters. The number of benzene rings is 1. The summed E-state index contributed by atoms with van der Waals surface area (Å²) >= 11 is 0. The molecule has 0 aromatic heterocycles. The van der Waals surface area contributed by atoms with Gasteiger partial charge < -0.3 is 10.1 Å². The van der Waals surface area contributed by atoms with Crippen molar-refractivity contribution in [1.82, 2.24) is 10.6 Å². The van der Waals surface area contributed by atoms with Crippen LogP contribution in [0.3, 0.4) is 0 Å². The minimum absolute atomic E-state index is 0.0641. The van der Waals surface area contributed by atoms with Crippen LogP contribution >= 0.6 is 0 Å². The molecule has 7 heteroatoms. The molecule has 2 atom stereocenters. The van der Waals surface area contributed by atoms with Crippen molar-refractivity contribution in [2.75, 3.05) is 18.6 Å². The van der Waals surface area contributed by atoms with Crippen LogP contribution in [0.25, 0.3) is 0 Å². The first kappa shape index (κ1) is 16.4. The van der Waals surface area contributed by atoms with Crippen molar-refractivity contribution in [2.45, 2.75) is 37.8 Å². The van der Waals surface area contributed by atoms with E-state index < -0.39 is 12.1 Å². The molecule has 2 fully saturated rings. The first-order valence-corrected chi connectivity index (χ1v) is 8.15. The van der Waals surface area contributed by atoms with Gasteiger partial charge in [0.25, 0.3) is 5.91 Å². The fourth-order valence-electron chi connectivity index (χ4n) is 3.11. The Labute approximate surface area is 140 Å². The summed E-state index contributed by atoms with van der Waals surface area (Å²) in [6.07, 6.45) is 2.58. The molecule has 1 aromatic rings. The van der Waals surface area contributed by atoms with E-state index in [0.29, 0.717) is 24.4 Å². The van der Waals surface area contributed by atoms with E-state index in [2.05, 4.69) is 10.6 Å². The Morgan fingerprint density at radius 1 is 1.12 bits per heavy atom. The number of carbonyl (C=O) groups is 3. The molecule has 0 saturated carbocycles. The van der Waals surface area contributed by atoms with Crippen LogP contribution in [0.15, 0.2) is 24.3 Å². The lowest BCUT2D eigenvalue weighted by Gasteiger charge is -2.20. The van der Waals surface area contributed by atoms with Crippen LogP contribution < -0.4 is 20.3 Å². The number of hydrogen-bond acceptors (Lipinski definition) is 5. The summed E-state index contributed by atoms with van der Waals surface area (Å²) in [4.78, 5) is 38.1. The van der Waals surface area contributed by atoms with Crippen LogP contribution in [0.5, 0.6) is 5.75 Å². The van der Waals surface area contributed by atoms with Crippen LogP contribution in [-0.2, 0) is 14.4 Å². The Hall–Kier alpha value is -2.41. The van der Waals surface area contributed by atoms with Crippen molar-refractivity contribution in [2.24, 2.45) is 0 Å². The van der Waals surface area contributed by atoms with Crippen molar-refractivity contribution in [3.8, 4) is 5.75 Å². The smallest absolute Gasteiger partial charge is 0.251 e. The van der Waals surface area contributed by atoms with Gasteiger partial charge >= 0.3 is 0 Å². The molecule has 0 bridgehead atoms. The highest BCUT2D eigenvalue weighted by Crippen LogP contribution is 2.25. The molecule has 3 amide bonds. The number of imide groups is 1. The van der Waals surface area contributed by atoms with Gasteiger partial charge in [0.2, 0.25) is 11.8 Å². The van der Waals surface area contributed by atoms with Crippen LogP contribution in [-0.4, -0.2) is 43.5 Å². The lowest BCUT2D eigenvalue weighted by molar-refractivity contribution is -0.123.